The summed E-state index contributed by atoms with van der Waals surface area (Å²) in [5.41, 5.74) is 0.839. The summed E-state index contributed by atoms with van der Waals surface area (Å²) < 4.78 is 5.44. The van der Waals surface area contributed by atoms with Crippen molar-refractivity contribution in [3.8, 4) is 0 Å². The number of pyridine rings is 1. The van der Waals surface area contributed by atoms with Crippen LogP contribution in [-0.2, 0) is 6.54 Å². The molecule has 0 bridgehead atoms. The summed E-state index contributed by atoms with van der Waals surface area (Å²) in [7, 11) is 0. The molecule has 1 atom stereocenters. The van der Waals surface area contributed by atoms with Crippen molar-refractivity contribution in [1.82, 2.24) is 20.6 Å². The van der Waals surface area contributed by atoms with Gasteiger partial charge in [0.05, 0.1) is 17.3 Å². The van der Waals surface area contributed by atoms with Crippen LogP contribution in [0.4, 0.5) is 10.6 Å². The van der Waals surface area contributed by atoms with Gasteiger partial charge in [0.15, 0.2) is 0 Å². The summed E-state index contributed by atoms with van der Waals surface area (Å²) in [6.45, 7) is 5.48. The minimum absolute atomic E-state index is 0.0519. The summed E-state index contributed by atoms with van der Waals surface area (Å²) in [4.78, 5) is 22.6. The van der Waals surface area contributed by atoms with Crippen molar-refractivity contribution in [2.24, 2.45) is 0 Å². The third-order valence-corrected chi connectivity index (χ3v) is 4.33. The zero-order valence-corrected chi connectivity index (χ0v) is 14.4. The predicted octanol–water partition coefficient (Wildman–Crippen LogP) is 2.42. The normalized spacial score (nSPS) is 17.1. The smallest absolute Gasteiger partial charge is 0.315 e. The zero-order chi connectivity index (χ0) is 17.1. The van der Waals surface area contributed by atoms with Gasteiger partial charge in [0.2, 0.25) is 5.89 Å². The molecule has 0 unspecified atom stereocenters. The van der Waals surface area contributed by atoms with Crippen LogP contribution in [0.25, 0.3) is 0 Å². The van der Waals surface area contributed by atoms with Gasteiger partial charge >= 0.3 is 6.03 Å². The molecule has 2 aromatic rings. The van der Waals surface area contributed by atoms with Crippen LogP contribution in [0.5, 0.6) is 0 Å². The minimum atomic E-state index is -0.234. The molecule has 2 amide bonds. The number of hydrogen-bond acceptors (Lipinski definition) is 5. The maximum absolute atomic E-state index is 12.0. The van der Waals surface area contributed by atoms with Gasteiger partial charge in [-0.1, -0.05) is 11.6 Å². The number of nitrogens with zero attached hydrogens (tertiary/aromatic N) is 3. The van der Waals surface area contributed by atoms with E-state index in [0.717, 1.165) is 30.2 Å². The highest BCUT2D eigenvalue weighted by atomic mass is 35.5. The second-order valence-corrected chi connectivity index (χ2v) is 6.22. The van der Waals surface area contributed by atoms with E-state index < -0.39 is 0 Å². The van der Waals surface area contributed by atoms with Crippen LogP contribution in [0.3, 0.4) is 0 Å². The number of nitrogens with one attached hydrogen (secondary N) is 2. The molecule has 0 saturated carbocycles. The van der Waals surface area contributed by atoms with Crippen LogP contribution in [0.15, 0.2) is 22.7 Å². The van der Waals surface area contributed by atoms with Gasteiger partial charge in [-0.05, 0) is 32.4 Å². The van der Waals surface area contributed by atoms with E-state index in [-0.39, 0.29) is 18.6 Å². The van der Waals surface area contributed by atoms with Gasteiger partial charge in [0.1, 0.15) is 11.6 Å². The Balaban J connectivity index is 1.48. The molecule has 24 heavy (non-hydrogen) atoms. The van der Waals surface area contributed by atoms with Crippen LogP contribution in [0.2, 0.25) is 5.02 Å². The van der Waals surface area contributed by atoms with Crippen molar-refractivity contribution in [3.63, 3.8) is 0 Å². The third kappa shape index (κ3) is 3.79. The maximum atomic E-state index is 12.0. The van der Waals surface area contributed by atoms with E-state index >= 15 is 0 Å². The fourth-order valence-corrected chi connectivity index (χ4v) is 2.93. The molecular formula is C16H20ClN5O2. The molecule has 7 nitrogen and oxygen atoms in total. The third-order valence-electron chi connectivity index (χ3n) is 4.04. The number of carbonyl (C=O) groups excluding carboxylic acids is 1. The first kappa shape index (κ1) is 16.6. The maximum Gasteiger partial charge on any atom is 0.315 e. The molecular weight excluding hydrogens is 330 g/mol. The molecule has 0 radical (unpaired) electrons. The Labute approximate surface area is 145 Å². The Hall–Kier alpha value is -2.28. The fourth-order valence-electron chi connectivity index (χ4n) is 2.69. The van der Waals surface area contributed by atoms with Gasteiger partial charge in [0, 0.05) is 25.3 Å². The molecule has 1 aliphatic heterocycles. The van der Waals surface area contributed by atoms with Gasteiger partial charge < -0.3 is 20.0 Å². The lowest BCUT2D eigenvalue weighted by Crippen LogP contribution is -2.43. The first-order chi connectivity index (χ1) is 11.5. The molecule has 0 aliphatic carbocycles. The van der Waals surface area contributed by atoms with Crippen LogP contribution < -0.4 is 15.5 Å². The Kier molecular flexibility index (Phi) is 4.89. The summed E-state index contributed by atoms with van der Waals surface area (Å²) in [5.74, 6) is 2.04. The zero-order valence-electron chi connectivity index (χ0n) is 13.7. The molecule has 8 heteroatoms. The quantitative estimate of drug-likeness (QED) is 0.885. The number of aryl methyl sites for hydroxylation is 2. The van der Waals surface area contributed by atoms with E-state index in [0.29, 0.717) is 17.5 Å². The highest BCUT2D eigenvalue weighted by Gasteiger charge is 2.26. The number of anilines is 1. The van der Waals surface area contributed by atoms with Crippen molar-refractivity contribution in [1.29, 1.82) is 0 Å². The SMILES string of the molecule is Cc1nc(CNC(=O)N[C@H]2CCN(c3ncccc3Cl)C2)oc1C. The fraction of sp³-hybridized carbons (Fsp3) is 0.438. The molecule has 2 N–H and O–H groups in total. The molecule has 3 rings (SSSR count). The second kappa shape index (κ2) is 7.09. The number of urea groups is 1. The molecule has 2 aromatic heterocycles. The van der Waals surface area contributed by atoms with E-state index in [1.807, 2.05) is 19.9 Å². The Morgan fingerprint density at radius 2 is 2.33 bits per heavy atom. The molecule has 1 saturated heterocycles. The van der Waals surface area contributed by atoms with Crippen LogP contribution >= 0.6 is 11.6 Å². The lowest BCUT2D eigenvalue weighted by molar-refractivity contribution is 0.236. The largest absolute Gasteiger partial charge is 0.444 e. The molecule has 0 spiro atoms. The molecule has 0 aromatic carbocycles. The van der Waals surface area contributed by atoms with Gasteiger partial charge in [-0.3, -0.25) is 0 Å². The van der Waals surface area contributed by atoms with Crippen molar-refractivity contribution in [3.05, 3.63) is 40.7 Å². The molecule has 128 valence electrons. The highest BCUT2D eigenvalue weighted by molar-refractivity contribution is 6.32. The van der Waals surface area contributed by atoms with Crippen molar-refractivity contribution < 1.29 is 9.21 Å². The first-order valence-corrected chi connectivity index (χ1v) is 8.23. The number of carbonyl (C=O) groups is 1. The van der Waals surface area contributed by atoms with E-state index in [9.17, 15) is 4.79 Å². The number of amides is 2. The number of oxazole rings is 1. The lowest BCUT2D eigenvalue weighted by Gasteiger charge is -2.19. The van der Waals surface area contributed by atoms with Gasteiger partial charge in [0.25, 0.3) is 0 Å². The Morgan fingerprint density at radius 3 is 3.04 bits per heavy atom. The number of rotatable bonds is 4. The summed E-state index contributed by atoms with van der Waals surface area (Å²) in [5, 5.41) is 6.35. The predicted molar refractivity (Wildman–Crippen MR) is 91.2 cm³/mol. The Bertz CT molecular complexity index is 714. The van der Waals surface area contributed by atoms with E-state index in [1.165, 1.54) is 0 Å². The van der Waals surface area contributed by atoms with Gasteiger partial charge in [-0.15, -0.1) is 0 Å². The van der Waals surface area contributed by atoms with Crippen LogP contribution in [-0.4, -0.2) is 35.1 Å². The standard InChI is InChI=1S/C16H20ClN5O2/c1-10-11(2)24-14(20-10)8-19-16(23)21-12-5-7-22(9-12)15-13(17)4-3-6-18-15/h3-4,6,12H,5,7-9H2,1-2H3,(H2,19,21,23)/t12-/m0/s1. The Morgan fingerprint density at radius 1 is 1.50 bits per heavy atom. The van der Waals surface area contributed by atoms with Gasteiger partial charge in [-0.25, -0.2) is 14.8 Å². The lowest BCUT2D eigenvalue weighted by atomic mass is 10.3. The van der Waals surface area contributed by atoms with E-state index in [1.54, 1.807) is 12.3 Å². The van der Waals surface area contributed by atoms with Crippen LogP contribution in [0, 0.1) is 13.8 Å². The van der Waals surface area contributed by atoms with Crippen molar-refractivity contribution in [2.45, 2.75) is 32.9 Å². The van der Waals surface area contributed by atoms with Crippen molar-refractivity contribution >= 4 is 23.4 Å². The number of aromatic nitrogens is 2. The van der Waals surface area contributed by atoms with Gasteiger partial charge in [-0.2, -0.15) is 0 Å². The monoisotopic (exact) mass is 349 g/mol. The minimum Gasteiger partial charge on any atom is -0.444 e. The second-order valence-electron chi connectivity index (χ2n) is 5.82. The number of halogens is 1. The molecule has 1 aliphatic rings. The van der Waals surface area contributed by atoms with E-state index in [4.69, 9.17) is 16.0 Å². The average molecular weight is 350 g/mol. The first-order valence-electron chi connectivity index (χ1n) is 7.85. The van der Waals surface area contributed by atoms with Crippen molar-refractivity contribution in [2.75, 3.05) is 18.0 Å². The van der Waals surface area contributed by atoms with E-state index in [2.05, 4.69) is 25.5 Å². The van der Waals surface area contributed by atoms with Crippen LogP contribution in [0.1, 0.15) is 23.8 Å². The topological polar surface area (TPSA) is 83.3 Å². The highest BCUT2D eigenvalue weighted by Crippen LogP contribution is 2.25. The summed E-state index contributed by atoms with van der Waals surface area (Å²) in [6.07, 6.45) is 2.56. The summed E-state index contributed by atoms with van der Waals surface area (Å²) in [6, 6.07) is 3.44. The molecule has 1 fully saturated rings. The average Bonchev–Trinajstić information content (AvgIpc) is 3.13. The molecule has 3 heterocycles. The summed E-state index contributed by atoms with van der Waals surface area (Å²) >= 11 is 6.17. The number of hydrogen-bond donors (Lipinski definition) is 2.